The molecule has 0 heterocycles. The average Bonchev–Trinajstić information content (AvgIpc) is 2.37. The van der Waals surface area contributed by atoms with Crippen LogP contribution in [-0.2, 0) is 5.60 Å². The van der Waals surface area contributed by atoms with Crippen molar-refractivity contribution in [2.45, 2.75) is 32.8 Å². The van der Waals surface area contributed by atoms with E-state index < -0.39 is 5.60 Å². The van der Waals surface area contributed by atoms with Gasteiger partial charge in [-0.3, -0.25) is 4.99 Å². The molecule has 1 aromatic carbocycles. The van der Waals surface area contributed by atoms with Gasteiger partial charge in [0.15, 0.2) is 5.96 Å². The number of hydrogen-bond donors (Lipinski definition) is 3. The third-order valence-corrected chi connectivity index (χ3v) is 2.98. The van der Waals surface area contributed by atoms with Crippen LogP contribution in [0.2, 0.25) is 0 Å². The van der Waals surface area contributed by atoms with Gasteiger partial charge in [-0.25, -0.2) is 0 Å². The number of nitrogens with two attached hydrogens (primary N) is 1. The second-order valence-electron chi connectivity index (χ2n) is 5.45. The number of rotatable bonds is 6. The molecule has 4 nitrogen and oxygen atoms in total. The third kappa shape index (κ3) is 7.09. The topological polar surface area (TPSA) is 70.6 Å². The fourth-order valence-electron chi connectivity index (χ4n) is 1.67. The van der Waals surface area contributed by atoms with Crippen molar-refractivity contribution in [2.75, 3.05) is 13.1 Å². The summed E-state index contributed by atoms with van der Waals surface area (Å²) in [4.78, 5) is 4.20. The van der Waals surface area contributed by atoms with Crippen molar-refractivity contribution in [1.29, 1.82) is 0 Å². The molecule has 1 atom stereocenters. The molecule has 1 aromatic rings. The van der Waals surface area contributed by atoms with E-state index in [0.29, 0.717) is 11.9 Å². The first-order valence-electron chi connectivity index (χ1n) is 6.73. The minimum Gasteiger partial charge on any atom is -0.384 e. The number of aliphatic hydroxyl groups is 1. The van der Waals surface area contributed by atoms with Gasteiger partial charge in [0.1, 0.15) is 5.60 Å². The summed E-state index contributed by atoms with van der Waals surface area (Å²) in [5.74, 6) is 1.02. The molecule has 0 aliphatic rings. The molecule has 0 aliphatic heterocycles. The van der Waals surface area contributed by atoms with Crippen molar-refractivity contribution in [1.82, 2.24) is 5.32 Å². The minimum atomic E-state index is -0.994. The Kier molecular flexibility index (Phi) is 8.80. The summed E-state index contributed by atoms with van der Waals surface area (Å²) in [5.41, 5.74) is 5.62. The Labute approximate surface area is 138 Å². The first-order chi connectivity index (χ1) is 8.92. The Bertz CT molecular complexity index is 405. The normalized spacial score (nSPS) is 14.6. The maximum atomic E-state index is 10.4. The summed E-state index contributed by atoms with van der Waals surface area (Å²) in [6.45, 7) is 7.12. The van der Waals surface area contributed by atoms with Crippen molar-refractivity contribution in [3.63, 3.8) is 0 Å². The van der Waals surface area contributed by atoms with Crippen LogP contribution >= 0.6 is 24.0 Å². The summed E-state index contributed by atoms with van der Waals surface area (Å²) in [6.07, 6.45) is 1.05. The van der Waals surface area contributed by atoms with Crippen LogP contribution < -0.4 is 11.1 Å². The largest absolute Gasteiger partial charge is 0.384 e. The van der Waals surface area contributed by atoms with Crippen LogP contribution in [0.25, 0.3) is 0 Å². The monoisotopic (exact) mass is 391 g/mol. The van der Waals surface area contributed by atoms with Crippen molar-refractivity contribution in [2.24, 2.45) is 16.6 Å². The Balaban J connectivity index is 0.00000361. The summed E-state index contributed by atoms with van der Waals surface area (Å²) >= 11 is 0. The van der Waals surface area contributed by atoms with Crippen LogP contribution in [0.4, 0.5) is 0 Å². The van der Waals surface area contributed by atoms with Gasteiger partial charge in [0.05, 0.1) is 6.54 Å². The predicted octanol–water partition coefficient (Wildman–Crippen LogP) is 2.46. The van der Waals surface area contributed by atoms with Gasteiger partial charge in [0.2, 0.25) is 0 Å². The highest BCUT2D eigenvalue weighted by Gasteiger charge is 2.22. The minimum absolute atomic E-state index is 0. The zero-order valence-electron chi connectivity index (χ0n) is 12.5. The van der Waals surface area contributed by atoms with E-state index in [1.807, 2.05) is 30.3 Å². The van der Waals surface area contributed by atoms with E-state index in [2.05, 4.69) is 24.2 Å². The third-order valence-electron chi connectivity index (χ3n) is 2.98. The van der Waals surface area contributed by atoms with E-state index in [0.717, 1.165) is 18.5 Å². The highest BCUT2D eigenvalue weighted by Crippen LogP contribution is 2.20. The zero-order chi connectivity index (χ0) is 14.3. The molecule has 4 N–H and O–H groups in total. The van der Waals surface area contributed by atoms with Crippen LogP contribution in [-0.4, -0.2) is 24.2 Å². The van der Waals surface area contributed by atoms with Crippen molar-refractivity contribution >= 4 is 29.9 Å². The van der Waals surface area contributed by atoms with Gasteiger partial charge in [-0.2, -0.15) is 0 Å². The average molecular weight is 391 g/mol. The number of nitrogens with one attached hydrogen (secondary N) is 1. The van der Waals surface area contributed by atoms with Crippen molar-refractivity contribution in [3.05, 3.63) is 35.9 Å². The molecule has 0 aliphatic carbocycles. The molecule has 0 aromatic heterocycles. The molecule has 114 valence electrons. The van der Waals surface area contributed by atoms with E-state index in [-0.39, 0.29) is 30.5 Å². The lowest BCUT2D eigenvalue weighted by Gasteiger charge is -2.21. The van der Waals surface area contributed by atoms with Crippen LogP contribution in [0.1, 0.15) is 32.8 Å². The number of benzene rings is 1. The van der Waals surface area contributed by atoms with Gasteiger partial charge in [-0.15, -0.1) is 24.0 Å². The molecule has 1 unspecified atom stereocenters. The molecule has 0 saturated carbocycles. The molecule has 0 bridgehead atoms. The number of nitrogens with zero attached hydrogens (tertiary/aromatic N) is 1. The van der Waals surface area contributed by atoms with Crippen LogP contribution in [0.15, 0.2) is 35.3 Å². The highest BCUT2D eigenvalue weighted by atomic mass is 127. The second kappa shape index (κ2) is 9.18. The number of aliphatic imine (C=N–C) groups is 1. The van der Waals surface area contributed by atoms with E-state index in [1.54, 1.807) is 6.92 Å². The Hall–Kier alpha value is -0.820. The maximum Gasteiger partial charge on any atom is 0.188 e. The summed E-state index contributed by atoms with van der Waals surface area (Å²) in [7, 11) is 0. The first kappa shape index (κ1) is 19.2. The molecule has 5 heteroatoms. The smallest absolute Gasteiger partial charge is 0.188 e. The van der Waals surface area contributed by atoms with E-state index in [9.17, 15) is 5.11 Å². The predicted molar refractivity (Wildman–Crippen MR) is 95.4 cm³/mol. The molecule has 0 radical (unpaired) electrons. The number of hydrogen-bond acceptors (Lipinski definition) is 2. The van der Waals surface area contributed by atoms with Crippen molar-refractivity contribution < 1.29 is 5.11 Å². The fourth-order valence-corrected chi connectivity index (χ4v) is 1.67. The van der Waals surface area contributed by atoms with Gasteiger partial charge in [0.25, 0.3) is 0 Å². The van der Waals surface area contributed by atoms with Crippen molar-refractivity contribution in [3.8, 4) is 0 Å². The Morgan fingerprint density at radius 1 is 1.35 bits per heavy atom. The summed E-state index contributed by atoms with van der Waals surface area (Å²) < 4.78 is 0. The maximum absolute atomic E-state index is 10.4. The Morgan fingerprint density at radius 3 is 2.50 bits per heavy atom. The standard InChI is InChI=1S/C15H25N3O.HI/c1-12(2)9-10-17-14(16)18-11-15(3,19)13-7-5-4-6-8-13;/h4-8,12,19H,9-11H2,1-3H3,(H3,16,17,18);1H. The van der Waals surface area contributed by atoms with Gasteiger partial charge >= 0.3 is 0 Å². The SMILES string of the molecule is CC(C)CCNC(N)=NCC(C)(O)c1ccccc1.I. The second-order valence-corrected chi connectivity index (χ2v) is 5.45. The van der Waals surface area contributed by atoms with E-state index >= 15 is 0 Å². The quantitative estimate of drug-likeness (QED) is 0.396. The van der Waals surface area contributed by atoms with E-state index in [4.69, 9.17) is 5.73 Å². The number of guanidine groups is 1. The lowest BCUT2D eigenvalue weighted by molar-refractivity contribution is 0.0673. The molecule has 0 saturated heterocycles. The van der Waals surface area contributed by atoms with Crippen LogP contribution in [0.5, 0.6) is 0 Å². The fraction of sp³-hybridized carbons (Fsp3) is 0.533. The first-order valence-corrected chi connectivity index (χ1v) is 6.73. The van der Waals surface area contributed by atoms with Crippen LogP contribution in [0.3, 0.4) is 0 Å². The van der Waals surface area contributed by atoms with Gasteiger partial charge < -0.3 is 16.2 Å². The molecule has 0 spiro atoms. The summed E-state index contributed by atoms with van der Waals surface area (Å²) in [5, 5.41) is 13.4. The zero-order valence-corrected chi connectivity index (χ0v) is 14.8. The van der Waals surface area contributed by atoms with Crippen LogP contribution in [0, 0.1) is 5.92 Å². The summed E-state index contributed by atoms with van der Waals surface area (Å²) in [6, 6.07) is 9.50. The molecule has 1 rings (SSSR count). The lowest BCUT2D eigenvalue weighted by Crippen LogP contribution is -2.35. The molecular weight excluding hydrogens is 365 g/mol. The van der Waals surface area contributed by atoms with Gasteiger partial charge in [-0.05, 0) is 24.8 Å². The van der Waals surface area contributed by atoms with E-state index in [1.165, 1.54) is 0 Å². The van der Waals surface area contributed by atoms with Gasteiger partial charge in [0, 0.05) is 6.54 Å². The number of halogens is 1. The molecule has 0 amide bonds. The van der Waals surface area contributed by atoms with Gasteiger partial charge in [-0.1, -0.05) is 44.2 Å². The Morgan fingerprint density at radius 2 is 1.95 bits per heavy atom. The lowest BCUT2D eigenvalue weighted by atomic mass is 9.96. The highest BCUT2D eigenvalue weighted by molar-refractivity contribution is 14.0. The molecular formula is C15H26IN3O. The molecule has 20 heavy (non-hydrogen) atoms. The molecule has 0 fully saturated rings.